The molecule has 0 aliphatic heterocycles. The van der Waals surface area contributed by atoms with Gasteiger partial charge in [-0.2, -0.15) is 0 Å². The summed E-state index contributed by atoms with van der Waals surface area (Å²) in [5.74, 6) is -0.609. The second-order valence-corrected chi connectivity index (χ2v) is 5.28. The molecule has 0 aliphatic rings. The Balaban J connectivity index is 2.51. The van der Waals surface area contributed by atoms with Gasteiger partial charge in [-0.1, -0.05) is 23.2 Å². The molecule has 6 heteroatoms. The van der Waals surface area contributed by atoms with Crippen LogP contribution < -0.4 is 10.6 Å². The summed E-state index contributed by atoms with van der Waals surface area (Å²) in [6.45, 7) is 3.63. The Labute approximate surface area is 128 Å². The van der Waals surface area contributed by atoms with Crippen LogP contribution in [0.2, 0.25) is 10.0 Å². The molecule has 0 radical (unpaired) electrons. The number of nitrogens with one attached hydrogen (secondary N) is 2. The standard InChI is InChI=1S/C14H16Cl2N2O2/c1-9(2)18-14(20)8-17-13(19)6-3-10-7-11(15)4-5-12(10)16/h3-7,9H,8H2,1-2H3,(H,17,19)(H,18,20)/b6-3+. The minimum atomic E-state index is -0.375. The number of rotatable bonds is 5. The summed E-state index contributed by atoms with van der Waals surface area (Å²) in [5.41, 5.74) is 0.640. The molecule has 4 nitrogen and oxygen atoms in total. The molecular weight excluding hydrogens is 299 g/mol. The van der Waals surface area contributed by atoms with Gasteiger partial charge >= 0.3 is 0 Å². The SMILES string of the molecule is CC(C)NC(=O)CNC(=O)/C=C/c1cc(Cl)ccc1Cl. The largest absolute Gasteiger partial charge is 0.352 e. The van der Waals surface area contributed by atoms with E-state index < -0.39 is 0 Å². The van der Waals surface area contributed by atoms with Crippen molar-refractivity contribution in [3.05, 3.63) is 39.9 Å². The van der Waals surface area contributed by atoms with Crippen LogP contribution in [0.1, 0.15) is 19.4 Å². The zero-order chi connectivity index (χ0) is 15.1. The van der Waals surface area contributed by atoms with E-state index in [9.17, 15) is 9.59 Å². The summed E-state index contributed by atoms with van der Waals surface area (Å²) >= 11 is 11.8. The molecule has 0 atom stereocenters. The third-order valence-electron chi connectivity index (χ3n) is 2.25. The molecule has 1 rings (SSSR count). The van der Waals surface area contributed by atoms with Crippen LogP contribution >= 0.6 is 23.2 Å². The number of amides is 2. The Morgan fingerprint density at radius 1 is 1.30 bits per heavy atom. The van der Waals surface area contributed by atoms with Gasteiger partial charge in [0.25, 0.3) is 0 Å². The van der Waals surface area contributed by atoms with Gasteiger partial charge in [-0.05, 0) is 43.7 Å². The van der Waals surface area contributed by atoms with Crippen molar-refractivity contribution < 1.29 is 9.59 Å². The fourth-order valence-electron chi connectivity index (χ4n) is 1.41. The number of hydrogen-bond acceptors (Lipinski definition) is 2. The molecule has 1 aromatic carbocycles. The Kier molecular flexibility index (Phi) is 6.55. The van der Waals surface area contributed by atoms with Crippen LogP contribution in [-0.4, -0.2) is 24.4 Å². The molecule has 0 aliphatic carbocycles. The Morgan fingerprint density at radius 3 is 2.65 bits per heavy atom. The predicted octanol–water partition coefficient (Wildman–Crippen LogP) is 2.65. The number of carbonyl (C=O) groups is 2. The van der Waals surface area contributed by atoms with Crippen molar-refractivity contribution in [2.45, 2.75) is 19.9 Å². The number of benzene rings is 1. The van der Waals surface area contributed by atoms with E-state index in [0.29, 0.717) is 15.6 Å². The maximum Gasteiger partial charge on any atom is 0.244 e. The molecule has 1 aromatic rings. The van der Waals surface area contributed by atoms with E-state index in [1.54, 1.807) is 24.3 Å². The van der Waals surface area contributed by atoms with Gasteiger partial charge in [0.05, 0.1) is 6.54 Å². The molecule has 0 unspecified atom stereocenters. The first-order valence-corrected chi connectivity index (χ1v) is 6.84. The summed E-state index contributed by atoms with van der Waals surface area (Å²) in [6, 6.07) is 5.01. The third kappa shape index (κ3) is 6.08. The first kappa shape index (κ1) is 16.5. The second-order valence-electron chi connectivity index (χ2n) is 4.44. The topological polar surface area (TPSA) is 58.2 Å². The van der Waals surface area contributed by atoms with E-state index >= 15 is 0 Å². The van der Waals surface area contributed by atoms with Crippen LogP contribution in [0.3, 0.4) is 0 Å². The normalized spacial score (nSPS) is 10.8. The molecule has 108 valence electrons. The lowest BCUT2D eigenvalue weighted by atomic mass is 10.2. The third-order valence-corrected chi connectivity index (χ3v) is 2.82. The number of halogens is 2. The van der Waals surface area contributed by atoms with Gasteiger partial charge in [0.2, 0.25) is 11.8 Å². The van der Waals surface area contributed by atoms with E-state index in [-0.39, 0.29) is 24.4 Å². The van der Waals surface area contributed by atoms with Crippen LogP contribution in [0.5, 0.6) is 0 Å². The summed E-state index contributed by atoms with van der Waals surface area (Å²) in [6.07, 6.45) is 2.85. The van der Waals surface area contributed by atoms with Crippen molar-refractivity contribution in [2.75, 3.05) is 6.54 Å². The van der Waals surface area contributed by atoms with Crippen LogP contribution in [0.4, 0.5) is 0 Å². The van der Waals surface area contributed by atoms with E-state index in [1.165, 1.54) is 6.08 Å². The maximum atomic E-state index is 11.5. The molecule has 2 N–H and O–H groups in total. The van der Waals surface area contributed by atoms with E-state index in [0.717, 1.165) is 0 Å². The van der Waals surface area contributed by atoms with Crippen molar-refractivity contribution in [1.82, 2.24) is 10.6 Å². The fourth-order valence-corrected chi connectivity index (χ4v) is 1.77. The van der Waals surface area contributed by atoms with Crippen LogP contribution in [0.25, 0.3) is 6.08 Å². The van der Waals surface area contributed by atoms with Gasteiger partial charge in [-0.25, -0.2) is 0 Å². The second kappa shape index (κ2) is 7.92. The van der Waals surface area contributed by atoms with Crippen molar-refractivity contribution in [1.29, 1.82) is 0 Å². The molecule has 0 heterocycles. The summed E-state index contributed by atoms with van der Waals surface area (Å²) in [5, 5.41) is 6.18. The molecular formula is C14H16Cl2N2O2. The number of carbonyl (C=O) groups excluding carboxylic acids is 2. The molecule has 0 saturated carbocycles. The Morgan fingerprint density at radius 2 is 2.00 bits per heavy atom. The zero-order valence-corrected chi connectivity index (χ0v) is 12.8. The lowest BCUT2D eigenvalue weighted by Gasteiger charge is -2.08. The lowest BCUT2D eigenvalue weighted by Crippen LogP contribution is -2.39. The van der Waals surface area contributed by atoms with Crippen LogP contribution in [0.15, 0.2) is 24.3 Å². The van der Waals surface area contributed by atoms with Gasteiger partial charge in [0.15, 0.2) is 0 Å². The van der Waals surface area contributed by atoms with Crippen molar-refractivity contribution >= 4 is 41.1 Å². The summed E-state index contributed by atoms with van der Waals surface area (Å²) in [4.78, 5) is 22.9. The lowest BCUT2D eigenvalue weighted by molar-refractivity contribution is -0.124. The van der Waals surface area contributed by atoms with Crippen molar-refractivity contribution in [3.8, 4) is 0 Å². The molecule has 20 heavy (non-hydrogen) atoms. The van der Waals surface area contributed by atoms with Gasteiger partial charge in [-0.3, -0.25) is 9.59 Å². The average molecular weight is 315 g/mol. The first-order valence-electron chi connectivity index (χ1n) is 6.09. The highest BCUT2D eigenvalue weighted by Crippen LogP contribution is 2.21. The minimum absolute atomic E-state index is 0.0419. The highest BCUT2D eigenvalue weighted by Gasteiger charge is 2.04. The Hall–Kier alpha value is -1.52. The first-order chi connectivity index (χ1) is 9.38. The number of hydrogen-bond donors (Lipinski definition) is 2. The molecule has 0 spiro atoms. The molecule has 0 aromatic heterocycles. The van der Waals surface area contributed by atoms with Crippen LogP contribution in [-0.2, 0) is 9.59 Å². The fraction of sp³-hybridized carbons (Fsp3) is 0.286. The molecule has 0 bridgehead atoms. The minimum Gasteiger partial charge on any atom is -0.352 e. The highest BCUT2D eigenvalue weighted by atomic mass is 35.5. The van der Waals surface area contributed by atoms with Gasteiger partial charge in [-0.15, -0.1) is 0 Å². The monoisotopic (exact) mass is 314 g/mol. The zero-order valence-electron chi connectivity index (χ0n) is 11.2. The maximum absolute atomic E-state index is 11.5. The van der Waals surface area contributed by atoms with E-state index in [1.807, 2.05) is 13.8 Å². The van der Waals surface area contributed by atoms with Gasteiger partial charge in [0.1, 0.15) is 0 Å². The molecule has 0 fully saturated rings. The van der Waals surface area contributed by atoms with Crippen molar-refractivity contribution in [3.63, 3.8) is 0 Å². The van der Waals surface area contributed by atoms with E-state index in [2.05, 4.69) is 10.6 Å². The van der Waals surface area contributed by atoms with Gasteiger partial charge < -0.3 is 10.6 Å². The van der Waals surface area contributed by atoms with E-state index in [4.69, 9.17) is 23.2 Å². The summed E-state index contributed by atoms with van der Waals surface area (Å²) < 4.78 is 0. The highest BCUT2D eigenvalue weighted by molar-refractivity contribution is 6.34. The van der Waals surface area contributed by atoms with Gasteiger partial charge in [0, 0.05) is 22.2 Å². The summed E-state index contributed by atoms with van der Waals surface area (Å²) in [7, 11) is 0. The Bertz CT molecular complexity index is 528. The quantitative estimate of drug-likeness (QED) is 0.821. The smallest absolute Gasteiger partial charge is 0.244 e. The van der Waals surface area contributed by atoms with Crippen LogP contribution in [0, 0.1) is 0 Å². The van der Waals surface area contributed by atoms with Crippen molar-refractivity contribution in [2.24, 2.45) is 0 Å². The molecule has 2 amide bonds. The average Bonchev–Trinajstić information content (AvgIpc) is 2.36. The predicted molar refractivity (Wildman–Crippen MR) is 81.8 cm³/mol. The molecule has 0 saturated heterocycles.